The highest BCUT2D eigenvalue weighted by Gasteiger charge is 2.14. The van der Waals surface area contributed by atoms with Crippen LogP contribution in [0.1, 0.15) is 32.2 Å². The van der Waals surface area contributed by atoms with Crippen molar-refractivity contribution in [2.24, 2.45) is 0 Å². The third kappa shape index (κ3) is 3.42. The highest BCUT2D eigenvalue weighted by atomic mass is 79.9. The summed E-state index contributed by atoms with van der Waals surface area (Å²) in [7, 11) is 0. The Balaban J connectivity index is 2.23. The number of rotatable bonds is 5. The first-order chi connectivity index (χ1) is 9.11. The second-order valence-corrected chi connectivity index (χ2v) is 5.22. The molecule has 19 heavy (non-hydrogen) atoms. The van der Waals surface area contributed by atoms with Gasteiger partial charge in [0, 0.05) is 10.0 Å². The second-order valence-electron chi connectivity index (χ2n) is 4.36. The molecule has 2 rings (SSSR count). The molecule has 3 nitrogen and oxygen atoms in total. The van der Waals surface area contributed by atoms with Crippen molar-refractivity contribution in [3.05, 3.63) is 40.6 Å². The van der Waals surface area contributed by atoms with Crippen LogP contribution in [-0.2, 0) is 0 Å². The lowest BCUT2D eigenvalue weighted by molar-refractivity contribution is 0.423. The Morgan fingerprint density at radius 2 is 2.26 bits per heavy atom. The van der Waals surface area contributed by atoms with E-state index in [9.17, 15) is 4.39 Å². The molecule has 1 aromatic heterocycles. The molecule has 0 radical (unpaired) electrons. The fraction of sp³-hybridized carbons (Fsp3) is 0.357. The topological polar surface area (TPSA) is 38.1 Å². The Kier molecular flexibility index (Phi) is 4.71. The van der Waals surface area contributed by atoms with E-state index in [0.29, 0.717) is 17.2 Å². The number of aromatic nitrogens is 1. The third-order valence-corrected chi connectivity index (χ3v) is 3.48. The van der Waals surface area contributed by atoms with E-state index in [2.05, 4.69) is 33.2 Å². The summed E-state index contributed by atoms with van der Waals surface area (Å²) in [6.45, 7) is 5.00. The van der Waals surface area contributed by atoms with Crippen molar-refractivity contribution < 1.29 is 8.81 Å². The van der Waals surface area contributed by atoms with Crippen LogP contribution < -0.4 is 5.32 Å². The lowest BCUT2D eigenvalue weighted by atomic mass is 10.2. The van der Waals surface area contributed by atoms with Crippen LogP contribution >= 0.6 is 15.9 Å². The molecule has 0 saturated heterocycles. The predicted molar refractivity (Wildman–Crippen MR) is 76.3 cm³/mol. The van der Waals surface area contributed by atoms with Crippen LogP contribution in [0.15, 0.2) is 33.3 Å². The first kappa shape index (κ1) is 14.2. The van der Waals surface area contributed by atoms with Crippen LogP contribution in [0.4, 0.5) is 4.39 Å². The van der Waals surface area contributed by atoms with Crippen LogP contribution in [0, 0.1) is 5.82 Å². The van der Waals surface area contributed by atoms with E-state index in [1.807, 2.05) is 6.92 Å². The maximum Gasteiger partial charge on any atom is 0.211 e. The van der Waals surface area contributed by atoms with Crippen molar-refractivity contribution >= 4 is 15.9 Å². The summed E-state index contributed by atoms with van der Waals surface area (Å²) in [4.78, 5) is 4.24. The monoisotopic (exact) mass is 326 g/mol. The third-order valence-electron chi connectivity index (χ3n) is 2.79. The molecule has 0 saturated carbocycles. The lowest BCUT2D eigenvalue weighted by Gasteiger charge is -2.08. The summed E-state index contributed by atoms with van der Waals surface area (Å²) in [5, 5.41) is 3.30. The average Bonchev–Trinajstić information content (AvgIpc) is 2.88. The van der Waals surface area contributed by atoms with Crippen molar-refractivity contribution in [2.75, 3.05) is 6.54 Å². The summed E-state index contributed by atoms with van der Waals surface area (Å²) < 4.78 is 19.7. The molecule has 0 spiro atoms. The largest absolute Gasteiger partial charge is 0.439 e. The average molecular weight is 327 g/mol. The quantitative estimate of drug-likeness (QED) is 0.889. The molecule has 0 amide bonds. The molecule has 1 atom stereocenters. The van der Waals surface area contributed by atoms with Gasteiger partial charge >= 0.3 is 0 Å². The normalized spacial score (nSPS) is 12.6. The van der Waals surface area contributed by atoms with Gasteiger partial charge in [-0.1, -0.05) is 22.9 Å². The van der Waals surface area contributed by atoms with Crippen molar-refractivity contribution in [2.45, 2.75) is 26.3 Å². The van der Waals surface area contributed by atoms with E-state index >= 15 is 0 Å². The number of hydrogen-bond donors (Lipinski definition) is 1. The molecule has 0 aliphatic carbocycles. The molecule has 1 N–H and O–H groups in total. The first-order valence-corrected chi connectivity index (χ1v) is 7.05. The highest BCUT2D eigenvalue weighted by molar-refractivity contribution is 9.10. The lowest BCUT2D eigenvalue weighted by Crippen LogP contribution is -2.19. The van der Waals surface area contributed by atoms with Crippen molar-refractivity contribution in [3.63, 3.8) is 0 Å². The Morgan fingerprint density at radius 1 is 1.47 bits per heavy atom. The van der Waals surface area contributed by atoms with Gasteiger partial charge in [-0.25, -0.2) is 9.37 Å². The van der Waals surface area contributed by atoms with Gasteiger partial charge in [-0.05, 0) is 38.1 Å². The highest BCUT2D eigenvalue weighted by Crippen LogP contribution is 2.30. The summed E-state index contributed by atoms with van der Waals surface area (Å²) in [5.41, 5.74) is 0.668. The molecule has 0 aliphatic heterocycles. The predicted octanol–water partition coefficient (Wildman–Crippen LogP) is 4.30. The zero-order chi connectivity index (χ0) is 13.8. The molecule has 102 valence electrons. The van der Waals surface area contributed by atoms with Gasteiger partial charge in [0.2, 0.25) is 5.89 Å². The Labute approximate surface area is 120 Å². The Hall–Kier alpha value is -1.20. The number of oxazole rings is 1. The Bertz CT molecular complexity index is 556. The van der Waals surface area contributed by atoms with E-state index in [0.717, 1.165) is 17.4 Å². The van der Waals surface area contributed by atoms with E-state index < -0.39 is 0 Å². The van der Waals surface area contributed by atoms with Crippen LogP contribution in [0.2, 0.25) is 0 Å². The van der Waals surface area contributed by atoms with Crippen LogP contribution in [-0.4, -0.2) is 11.5 Å². The number of hydrogen-bond acceptors (Lipinski definition) is 3. The molecule has 5 heteroatoms. The molecule has 0 bridgehead atoms. The number of nitrogens with one attached hydrogen (secondary N) is 1. The van der Waals surface area contributed by atoms with Gasteiger partial charge in [0.05, 0.1) is 12.2 Å². The molecule has 2 aromatic rings. The SMILES string of the molecule is CCCNC(C)c1ncc(-c2cc(F)ccc2Br)o1. The molecular formula is C14H16BrFN2O. The molecule has 1 aromatic carbocycles. The van der Waals surface area contributed by atoms with Gasteiger partial charge < -0.3 is 9.73 Å². The van der Waals surface area contributed by atoms with Gasteiger partial charge in [-0.15, -0.1) is 0 Å². The summed E-state index contributed by atoms with van der Waals surface area (Å²) >= 11 is 3.39. The summed E-state index contributed by atoms with van der Waals surface area (Å²) in [6.07, 6.45) is 2.67. The minimum atomic E-state index is -0.298. The van der Waals surface area contributed by atoms with Crippen LogP contribution in [0.3, 0.4) is 0 Å². The van der Waals surface area contributed by atoms with E-state index in [1.165, 1.54) is 12.1 Å². The van der Waals surface area contributed by atoms with Gasteiger partial charge in [0.15, 0.2) is 5.76 Å². The summed E-state index contributed by atoms with van der Waals surface area (Å²) in [6, 6.07) is 4.53. The minimum absolute atomic E-state index is 0.0426. The van der Waals surface area contributed by atoms with Gasteiger partial charge in [-0.2, -0.15) is 0 Å². The standard InChI is InChI=1S/C14H16BrFN2O/c1-3-6-17-9(2)14-18-8-13(19-14)11-7-10(16)4-5-12(11)15/h4-5,7-9,17H,3,6H2,1-2H3. The van der Waals surface area contributed by atoms with E-state index in [4.69, 9.17) is 4.42 Å². The smallest absolute Gasteiger partial charge is 0.211 e. The molecular weight excluding hydrogens is 311 g/mol. The number of benzene rings is 1. The van der Waals surface area contributed by atoms with Gasteiger partial charge in [0.1, 0.15) is 5.82 Å². The second kappa shape index (κ2) is 6.30. The molecule has 0 aliphatic rings. The first-order valence-electron chi connectivity index (χ1n) is 6.26. The van der Waals surface area contributed by atoms with E-state index in [1.54, 1.807) is 12.3 Å². The summed E-state index contributed by atoms with van der Waals surface area (Å²) in [5.74, 6) is 0.874. The Morgan fingerprint density at radius 3 is 3.00 bits per heavy atom. The van der Waals surface area contributed by atoms with Crippen LogP contribution in [0.5, 0.6) is 0 Å². The fourth-order valence-corrected chi connectivity index (χ4v) is 2.19. The van der Waals surface area contributed by atoms with Gasteiger partial charge in [0.25, 0.3) is 0 Å². The number of nitrogens with zero attached hydrogens (tertiary/aromatic N) is 1. The maximum absolute atomic E-state index is 13.3. The molecule has 1 heterocycles. The molecule has 0 fully saturated rings. The van der Waals surface area contributed by atoms with Crippen molar-refractivity contribution in [1.29, 1.82) is 0 Å². The van der Waals surface area contributed by atoms with E-state index in [-0.39, 0.29) is 11.9 Å². The maximum atomic E-state index is 13.3. The van der Waals surface area contributed by atoms with Crippen molar-refractivity contribution in [1.82, 2.24) is 10.3 Å². The van der Waals surface area contributed by atoms with Crippen LogP contribution in [0.25, 0.3) is 11.3 Å². The minimum Gasteiger partial charge on any atom is -0.439 e. The molecule has 1 unspecified atom stereocenters. The van der Waals surface area contributed by atoms with Crippen molar-refractivity contribution in [3.8, 4) is 11.3 Å². The van der Waals surface area contributed by atoms with Gasteiger partial charge in [-0.3, -0.25) is 0 Å². The zero-order valence-electron chi connectivity index (χ0n) is 10.9. The fourth-order valence-electron chi connectivity index (χ4n) is 1.75. The number of halogens is 2. The zero-order valence-corrected chi connectivity index (χ0v) is 12.5.